The third kappa shape index (κ3) is 3.72. The monoisotopic (exact) mass is 334 g/mol. The number of aliphatic imine (C=N–C) groups is 1. The van der Waals surface area contributed by atoms with E-state index in [1.54, 1.807) is 7.11 Å². The lowest BCUT2D eigenvalue weighted by molar-refractivity contribution is 0.415. The van der Waals surface area contributed by atoms with Gasteiger partial charge in [-0.05, 0) is 40.2 Å². The van der Waals surface area contributed by atoms with Gasteiger partial charge in [-0.15, -0.1) is 0 Å². The summed E-state index contributed by atoms with van der Waals surface area (Å²) in [6.45, 7) is 0. The summed E-state index contributed by atoms with van der Waals surface area (Å²) in [5.74, 6) is 6.66. The van der Waals surface area contributed by atoms with Crippen LogP contribution in [0.2, 0.25) is 0 Å². The maximum absolute atomic E-state index is 5.50. The Kier molecular flexibility index (Phi) is 4.97. The van der Waals surface area contributed by atoms with Crippen LogP contribution in [0.1, 0.15) is 0 Å². The van der Waals surface area contributed by atoms with Crippen LogP contribution in [0.25, 0.3) is 0 Å². The van der Waals surface area contributed by atoms with Crippen LogP contribution in [0.5, 0.6) is 5.75 Å². The Balaban J connectivity index is 2.26. The Bertz CT molecular complexity index is 601. The van der Waals surface area contributed by atoms with Gasteiger partial charge in [-0.25, -0.2) is 10.8 Å². The van der Waals surface area contributed by atoms with E-state index in [0.717, 1.165) is 15.9 Å². The van der Waals surface area contributed by atoms with E-state index in [1.807, 2.05) is 48.5 Å². The minimum absolute atomic E-state index is 0.435. The molecule has 0 amide bonds. The average Bonchev–Trinajstić information content (AvgIpc) is 2.49. The molecule has 104 valence electrons. The summed E-state index contributed by atoms with van der Waals surface area (Å²) in [5, 5.41) is 3.09. The van der Waals surface area contributed by atoms with Crippen molar-refractivity contribution in [3.63, 3.8) is 0 Å². The van der Waals surface area contributed by atoms with Crippen LogP contribution in [-0.2, 0) is 0 Å². The van der Waals surface area contributed by atoms with Crippen molar-refractivity contribution >= 4 is 33.3 Å². The molecule has 6 heteroatoms. The molecule has 0 aliphatic heterocycles. The molecule has 0 atom stereocenters. The summed E-state index contributed by atoms with van der Waals surface area (Å²) >= 11 is 3.44. The van der Waals surface area contributed by atoms with Crippen molar-refractivity contribution in [1.29, 1.82) is 0 Å². The van der Waals surface area contributed by atoms with Crippen molar-refractivity contribution in [3.8, 4) is 5.75 Å². The van der Waals surface area contributed by atoms with Crippen LogP contribution in [-0.4, -0.2) is 13.1 Å². The number of nitrogens with zero attached hydrogens (tertiary/aromatic N) is 1. The summed E-state index contributed by atoms with van der Waals surface area (Å²) in [7, 11) is 1.61. The molecule has 0 unspecified atom stereocenters. The molecule has 2 aromatic rings. The smallest absolute Gasteiger partial charge is 0.215 e. The van der Waals surface area contributed by atoms with Crippen molar-refractivity contribution in [1.82, 2.24) is 5.43 Å². The number of nitrogens with two attached hydrogens (primary N) is 1. The van der Waals surface area contributed by atoms with E-state index in [4.69, 9.17) is 10.6 Å². The Morgan fingerprint density at radius 1 is 1.20 bits per heavy atom. The number of guanidine groups is 1. The fraction of sp³-hybridized carbons (Fsp3) is 0.0714. The Hall–Kier alpha value is -2.05. The van der Waals surface area contributed by atoms with Gasteiger partial charge in [0.15, 0.2) is 0 Å². The predicted molar refractivity (Wildman–Crippen MR) is 85.2 cm³/mol. The third-order valence-corrected chi connectivity index (χ3v) is 3.23. The first-order valence-electron chi connectivity index (χ1n) is 5.94. The van der Waals surface area contributed by atoms with Gasteiger partial charge in [0.05, 0.1) is 12.8 Å². The lowest BCUT2D eigenvalue weighted by atomic mass is 10.3. The second-order valence-corrected chi connectivity index (χ2v) is 4.77. The highest BCUT2D eigenvalue weighted by Crippen LogP contribution is 2.29. The molecule has 4 N–H and O–H groups in total. The van der Waals surface area contributed by atoms with Crippen molar-refractivity contribution in [3.05, 3.63) is 53.0 Å². The van der Waals surface area contributed by atoms with E-state index in [1.165, 1.54) is 0 Å². The van der Waals surface area contributed by atoms with E-state index < -0.39 is 0 Å². The molecular weight excluding hydrogens is 320 g/mol. The standard InChI is InChI=1S/C14H15BrN4O/c1-20-11-7-8-12(15)13(9-11)18-14(19-16)17-10-5-3-2-4-6-10/h2-9H,16H2,1H3,(H2,17,18,19). The minimum atomic E-state index is 0.435. The fourth-order valence-electron chi connectivity index (χ4n) is 1.58. The van der Waals surface area contributed by atoms with Gasteiger partial charge in [-0.3, -0.25) is 5.43 Å². The Morgan fingerprint density at radius 3 is 2.60 bits per heavy atom. The molecule has 0 bridgehead atoms. The maximum atomic E-state index is 5.50. The first-order chi connectivity index (χ1) is 9.72. The normalized spacial score (nSPS) is 11.1. The maximum Gasteiger partial charge on any atom is 0.215 e. The number of benzene rings is 2. The number of nitrogens with one attached hydrogen (secondary N) is 2. The predicted octanol–water partition coefficient (Wildman–Crippen LogP) is 3.02. The van der Waals surface area contributed by atoms with E-state index in [9.17, 15) is 0 Å². The second kappa shape index (κ2) is 6.93. The Morgan fingerprint density at radius 2 is 1.95 bits per heavy atom. The third-order valence-electron chi connectivity index (χ3n) is 2.56. The van der Waals surface area contributed by atoms with E-state index in [0.29, 0.717) is 11.6 Å². The zero-order valence-electron chi connectivity index (χ0n) is 10.9. The summed E-state index contributed by atoms with van der Waals surface area (Å²) < 4.78 is 6.03. The molecule has 0 aliphatic rings. The average molecular weight is 335 g/mol. The van der Waals surface area contributed by atoms with Crippen molar-refractivity contribution < 1.29 is 4.74 Å². The number of ether oxygens (including phenoxy) is 1. The number of anilines is 1. The van der Waals surface area contributed by atoms with Gasteiger partial charge in [-0.1, -0.05) is 18.2 Å². The lowest BCUT2D eigenvalue weighted by Gasteiger charge is -2.10. The molecular formula is C14H15BrN4O. The van der Waals surface area contributed by atoms with Gasteiger partial charge in [-0.2, -0.15) is 0 Å². The molecule has 0 saturated heterocycles. The topological polar surface area (TPSA) is 71.7 Å². The molecule has 5 nitrogen and oxygen atoms in total. The van der Waals surface area contributed by atoms with Gasteiger partial charge < -0.3 is 10.1 Å². The molecule has 0 radical (unpaired) electrons. The lowest BCUT2D eigenvalue weighted by Crippen LogP contribution is -2.35. The van der Waals surface area contributed by atoms with Gasteiger partial charge in [0.1, 0.15) is 5.75 Å². The largest absolute Gasteiger partial charge is 0.497 e. The number of methoxy groups -OCH3 is 1. The number of hydrogen-bond acceptors (Lipinski definition) is 3. The highest BCUT2D eigenvalue weighted by Gasteiger charge is 2.04. The van der Waals surface area contributed by atoms with Crippen LogP contribution in [0.4, 0.5) is 11.4 Å². The van der Waals surface area contributed by atoms with E-state index >= 15 is 0 Å². The van der Waals surface area contributed by atoms with Crippen molar-refractivity contribution in [2.75, 3.05) is 12.4 Å². The first-order valence-corrected chi connectivity index (χ1v) is 6.73. The summed E-state index contributed by atoms with van der Waals surface area (Å²) in [6.07, 6.45) is 0. The van der Waals surface area contributed by atoms with Gasteiger partial charge >= 0.3 is 0 Å². The SMILES string of the molecule is COc1ccc(Br)c(N=C(NN)Nc2ccccc2)c1. The molecule has 0 aromatic heterocycles. The minimum Gasteiger partial charge on any atom is -0.497 e. The number of halogens is 1. The number of para-hydroxylation sites is 1. The van der Waals surface area contributed by atoms with Crippen molar-refractivity contribution in [2.45, 2.75) is 0 Å². The first kappa shape index (κ1) is 14.4. The molecule has 20 heavy (non-hydrogen) atoms. The molecule has 0 saturated carbocycles. The molecule has 2 aromatic carbocycles. The highest BCUT2D eigenvalue weighted by atomic mass is 79.9. The van der Waals surface area contributed by atoms with Crippen LogP contribution in [0, 0.1) is 0 Å². The summed E-state index contributed by atoms with van der Waals surface area (Å²) in [6, 6.07) is 15.2. The zero-order chi connectivity index (χ0) is 14.4. The highest BCUT2D eigenvalue weighted by molar-refractivity contribution is 9.10. The van der Waals surface area contributed by atoms with Gasteiger partial charge in [0.25, 0.3) is 0 Å². The number of rotatable bonds is 3. The molecule has 0 fully saturated rings. The quantitative estimate of drug-likeness (QED) is 0.349. The Labute approximate surface area is 126 Å². The van der Waals surface area contributed by atoms with Crippen LogP contribution >= 0.6 is 15.9 Å². The van der Waals surface area contributed by atoms with Crippen LogP contribution in [0.3, 0.4) is 0 Å². The molecule has 0 spiro atoms. The molecule has 2 rings (SSSR count). The number of hydrogen-bond donors (Lipinski definition) is 3. The van der Waals surface area contributed by atoms with Crippen LogP contribution in [0.15, 0.2) is 58.0 Å². The summed E-state index contributed by atoms with van der Waals surface area (Å²) in [5.41, 5.74) is 4.14. The van der Waals surface area contributed by atoms with E-state index in [2.05, 4.69) is 31.7 Å². The molecule has 0 heterocycles. The van der Waals surface area contributed by atoms with Gasteiger partial charge in [0.2, 0.25) is 5.96 Å². The number of hydrazine groups is 1. The van der Waals surface area contributed by atoms with E-state index in [-0.39, 0.29) is 0 Å². The van der Waals surface area contributed by atoms with Crippen molar-refractivity contribution in [2.24, 2.45) is 10.8 Å². The molecule has 0 aliphatic carbocycles. The summed E-state index contributed by atoms with van der Waals surface area (Å²) in [4.78, 5) is 4.42. The zero-order valence-corrected chi connectivity index (χ0v) is 12.5. The second-order valence-electron chi connectivity index (χ2n) is 3.91. The fourth-order valence-corrected chi connectivity index (χ4v) is 1.92. The van der Waals surface area contributed by atoms with Crippen LogP contribution < -0.4 is 21.3 Å². The van der Waals surface area contributed by atoms with Gasteiger partial charge in [0, 0.05) is 16.2 Å².